The number of furan rings is 1. The molecule has 0 spiro atoms. The summed E-state index contributed by atoms with van der Waals surface area (Å²) in [5.41, 5.74) is 8.92. The van der Waals surface area contributed by atoms with E-state index in [1.165, 1.54) is 0 Å². The van der Waals surface area contributed by atoms with Crippen LogP contribution in [0.1, 0.15) is 96.6 Å². The Morgan fingerprint density at radius 1 is 0.976 bits per heavy atom. The molecule has 0 bridgehead atoms. The van der Waals surface area contributed by atoms with E-state index < -0.39 is 12.3 Å². The van der Waals surface area contributed by atoms with Crippen LogP contribution in [0.5, 0.6) is 0 Å². The highest BCUT2D eigenvalue weighted by Gasteiger charge is 2.33. The number of pyridine rings is 1. The molecule has 206 valence electrons. The molecule has 0 unspecified atom stereocenters. The van der Waals surface area contributed by atoms with Crippen LogP contribution in [-0.4, -0.2) is 0 Å². The Kier molecular flexibility index (Phi) is 5.48. The lowest BCUT2D eigenvalue weighted by molar-refractivity contribution is -0.660. The lowest BCUT2D eigenvalue weighted by Gasteiger charge is -2.36. The second-order valence-corrected chi connectivity index (χ2v) is 12.6. The summed E-state index contributed by atoms with van der Waals surface area (Å²) >= 11 is 0. The van der Waals surface area contributed by atoms with Gasteiger partial charge in [0.25, 0.3) is 0 Å². The van der Waals surface area contributed by atoms with Crippen molar-refractivity contribution < 1.29 is 13.1 Å². The number of rotatable bonds is 3. The average Bonchev–Trinajstić information content (AvgIpc) is 3.38. The number of aromatic nitrogens is 1. The molecule has 2 aliphatic rings. The molecule has 3 aromatic carbocycles. The molecule has 1 saturated carbocycles. The van der Waals surface area contributed by atoms with E-state index in [1.807, 2.05) is 43.6 Å². The van der Waals surface area contributed by atoms with Gasteiger partial charge in [-0.25, -0.2) is 4.57 Å². The van der Waals surface area contributed by atoms with Gasteiger partial charge in [-0.1, -0.05) is 57.4 Å². The molecule has 0 aliphatic heterocycles. The molecular formula is C38H39N2O+. The van der Waals surface area contributed by atoms with Crippen molar-refractivity contribution in [3.8, 4) is 28.5 Å². The molecule has 7 rings (SSSR count). The molecule has 0 N–H and O–H groups in total. The maximum Gasteiger partial charge on any atom is 0.216 e. The first-order valence-corrected chi connectivity index (χ1v) is 15.0. The predicted octanol–water partition coefficient (Wildman–Crippen LogP) is 9.59. The third kappa shape index (κ3) is 4.19. The predicted molar refractivity (Wildman–Crippen MR) is 167 cm³/mol. The number of hydrogen-bond acceptors (Lipinski definition) is 2. The zero-order valence-corrected chi connectivity index (χ0v) is 24.5. The first-order valence-electron chi connectivity index (χ1n) is 16.5. The van der Waals surface area contributed by atoms with Crippen LogP contribution in [0.25, 0.3) is 44.3 Å². The number of benzene rings is 3. The van der Waals surface area contributed by atoms with Crippen molar-refractivity contribution in [1.82, 2.24) is 0 Å². The normalized spacial score (nSPS) is 20.1. The molecule has 0 radical (unpaired) electrons. The minimum absolute atomic E-state index is 0.266. The van der Waals surface area contributed by atoms with Crippen molar-refractivity contribution in [3.63, 3.8) is 0 Å². The molecule has 0 amide bonds. The smallest absolute Gasteiger partial charge is 0.216 e. The Morgan fingerprint density at radius 3 is 2.49 bits per heavy atom. The van der Waals surface area contributed by atoms with Gasteiger partial charge in [0.15, 0.2) is 6.20 Å². The van der Waals surface area contributed by atoms with Gasteiger partial charge in [-0.05, 0) is 96.3 Å². The summed E-state index contributed by atoms with van der Waals surface area (Å²) in [5.74, 6) is -0.861. The molecule has 3 nitrogen and oxygen atoms in total. The zero-order valence-electron chi connectivity index (χ0n) is 27.5. The topological polar surface area (TPSA) is 40.8 Å². The van der Waals surface area contributed by atoms with E-state index in [4.69, 9.17) is 7.16 Å². The fraction of sp³-hybridized carbons (Fsp3) is 0.368. The summed E-state index contributed by atoms with van der Waals surface area (Å²) in [7, 11) is 2.03. The third-order valence-corrected chi connectivity index (χ3v) is 9.50. The van der Waals surface area contributed by atoms with Crippen LogP contribution in [0, 0.1) is 18.3 Å². The van der Waals surface area contributed by atoms with E-state index in [0.717, 1.165) is 94.0 Å². The Labute approximate surface area is 247 Å². The summed E-state index contributed by atoms with van der Waals surface area (Å²) in [6, 6.07) is 20.8. The average molecular weight is 543 g/mol. The molecule has 2 aromatic heterocycles. The van der Waals surface area contributed by atoms with Gasteiger partial charge in [-0.15, -0.1) is 0 Å². The van der Waals surface area contributed by atoms with E-state index >= 15 is 0 Å². The van der Waals surface area contributed by atoms with E-state index in [0.29, 0.717) is 23.1 Å². The highest BCUT2D eigenvalue weighted by molar-refractivity contribution is 6.14. The van der Waals surface area contributed by atoms with E-state index in [1.54, 1.807) is 0 Å². The standard InChI is InChI=1S/C38H39N2O/c1-24-15-17-29-30-18-16-26(23-39)35(37(30)41-36(29)34(24)33-14-8-9-20-40(33)4)27-21-31(25-11-6-5-7-12-25)28-13-10-19-38(2,3)32(28)22-27/h8-9,14-18,20-22,25H,5-7,10-13,19H2,1-4H3/q+1/i13D2,25D. The van der Waals surface area contributed by atoms with Gasteiger partial charge in [0.2, 0.25) is 5.69 Å². The highest BCUT2D eigenvalue weighted by atomic mass is 16.3. The highest BCUT2D eigenvalue weighted by Crippen LogP contribution is 2.48. The number of nitriles is 1. The zero-order chi connectivity index (χ0) is 31.0. The monoisotopic (exact) mass is 542 g/mol. The molecule has 0 atom stereocenters. The van der Waals surface area contributed by atoms with Gasteiger partial charge in [-0.3, -0.25) is 0 Å². The van der Waals surface area contributed by atoms with Crippen LogP contribution in [0.2, 0.25) is 0 Å². The van der Waals surface area contributed by atoms with Gasteiger partial charge >= 0.3 is 0 Å². The van der Waals surface area contributed by atoms with E-state index in [9.17, 15) is 6.63 Å². The van der Waals surface area contributed by atoms with Crippen LogP contribution in [0.15, 0.2) is 65.2 Å². The summed E-state index contributed by atoms with van der Waals surface area (Å²) in [6.07, 6.45) is 6.17. The Hall–Kier alpha value is -3.90. The van der Waals surface area contributed by atoms with Gasteiger partial charge in [0.1, 0.15) is 18.2 Å². The number of hydrogen-bond donors (Lipinski definition) is 0. The van der Waals surface area contributed by atoms with E-state index in [-0.39, 0.29) is 5.41 Å². The second-order valence-electron chi connectivity index (χ2n) is 12.6. The number of fused-ring (bicyclic) bond motifs is 4. The minimum atomic E-state index is -1.51. The number of aryl methyl sites for hydroxylation is 2. The third-order valence-electron chi connectivity index (χ3n) is 9.50. The summed E-state index contributed by atoms with van der Waals surface area (Å²) in [5, 5.41) is 12.4. The number of nitrogens with zero attached hydrogens (tertiary/aromatic N) is 2. The first kappa shape index (κ1) is 22.8. The SMILES string of the molecule is [2H]C1([2H])CCC(C)(C)c2cc(-c3c(C#N)ccc4c3oc3c(-c5cccc[n+]5C)c(C)ccc34)cc(C3([2H])CCCCC3)c21. The van der Waals surface area contributed by atoms with Gasteiger partial charge in [0, 0.05) is 32.6 Å². The fourth-order valence-corrected chi connectivity index (χ4v) is 7.16. The largest absolute Gasteiger partial charge is 0.454 e. The fourth-order valence-electron chi connectivity index (χ4n) is 7.16. The van der Waals surface area contributed by atoms with Crippen LogP contribution < -0.4 is 4.57 Å². The maximum absolute atomic E-state index is 10.4. The van der Waals surface area contributed by atoms with Crippen LogP contribution in [0.4, 0.5) is 0 Å². The molecule has 2 heterocycles. The van der Waals surface area contributed by atoms with Crippen molar-refractivity contribution in [3.05, 3.63) is 88.6 Å². The van der Waals surface area contributed by atoms with Crippen LogP contribution >= 0.6 is 0 Å². The van der Waals surface area contributed by atoms with Crippen molar-refractivity contribution in [2.24, 2.45) is 7.05 Å². The van der Waals surface area contributed by atoms with Gasteiger partial charge in [-0.2, -0.15) is 5.26 Å². The molecule has 0 saturated heterocycles. The lowest BCUT2D eigenvalue weighted by Crippen LogP contribution is -2.30. The second kappa shape index (κ2) is 9.88. The van der Waals surface area contributed by atoms with Crippen LogP contribution in [0.3, 0.4) is 0 Å². The molecular weight excluding hydrogens is 500 g/mol. The van der Waals surface area contributed by atoms with Gasteiger partial charge in [0.05, 0.1) is 17.2 Å². The molecule has 3 heteroatoms. The Balaban J connectivity index is 1.58. The first-order chi connectivity index (χ1) is 20.9. The van der Waals surface area contributed by atoms with Crippen molar-refractivity contribution in [2.75, 3.05) is 0 Å². The molecule has 1 fully saturated rings. The van der Waals surface area contributed by atoms with Gasteiger partial charge < -0.3 is 4.42 Å². The molecule has 5 aromatic rings. The Bertz CT molecular complexity index is 2010. The summed E-state index contributed by atoms with van der Waals surface area (Å²) in [4.78, 5) is 0. The van der Waals surface area contributed by atoms with Crippen molar-refractivity contribution in [2.45, 2.75) is 83.4 Å². The Morgan fingerprint density at radius 2 is 1.73 bits per heavy atom. The summed E-state index contributed by atoms with van der Waals surface area (Å²) in [6.45, 7) is 6.47. The minimum Gasteiger partial charge on any atom is -0.454 e. The maximum atomic E-state index is 10.4. The molecule has 41 heavy (non-hydrogen) atoms. The van der Waals surface area contributed by atoms with Crippen molar-refractivity contribution in [1.29, 1.82) is 5.26 Å². The lowest BCUT2D eigenvalue weighted by atomic mass is 9.68. The van der Waals surface area contributed by atoms with E-state index in [2.05, 4.69) is 55.7 Å². The summed E-state index contributed by atoms with van der Waals surface area (Å²) < 4.78 is 37.0. The van der Waals surface area contributed by atoms with Crippen LogP contribution in [-0.2, 0) is 18.8 Å². The van der Waals surface area contributed by atoms with Crippen molar-refractivity contribution >= 4 is 21.9 Å². The quantitative estimate of drug-likeness (QED) is 0.213. The molecule has 2 aliphatic carbocycles.